The molecule has 0 aliphatic rings. The zero-order chi connectivity index (χ0) is 13.5. The van der Waals surface area contributed by atoms with Gasteiger partial charge >= 0.3 is 5.97 Å². The maximum Gasteiger partial charge on any atom is 0.339 e. The van der Waals surface area contributed by atoms with Gasteiger partial charge in [-0.2, -0.15) is 0 Å². The van der Waals surface area contributed by atoms with Crippen molar-refractivity contribution in [2.24, 2.45) is 0 Å². The SMILES string of the molecule is CCCNC(=O)[C@H](C)OC(=O)c1ccccc1I. The molecule has 0 aromatic heterocycles. The van der Waals surface area contributed by atoms with E-state index in [2.05, 4.69) is 27.9 Å². The van der Waals surface area contributed by atoms with Gasteiger partial charge in [-0.1, -0.05) is 19.1 Å². The minimum atomic E-state index is -0.778. The Morgan fingerprint density at radius 3 is 2.67 bits per heavy atom. The monoisotopic (exact) mass is 361 g/mol. The number of ether oxygens (including phenoxy) is 1. The van der Waals surface area contributed by atoms with E-state index in [0.29, 0.717) is 12.1 Å². The largest absolute Gasteiger partial charge is 0.449 e. The van der Waals surface area contributed by atoms with Crippen LogP contribution in [0.1, 0.15) is 30.6 Å². The minimum Gasteiger partial charge on any atom is -0.449 e. The Morgan fingerprint density at radius 2 is 2.06 bits per heavy atom. The second-order valence-corrected chi connectivity index (χ2v) is 4.98. The lowest BCUT2D eigenvalue weighted by Gasteiger charge is -2.13. The number of hydrogen-bond acceptors (Lipinski definition) is 3. The molecule has 0 spiro atoms. The van der Waals surface area contributed by atoms with Crippen LogP contribution in [0.5, 0.6) is 0 Å². The first-order valence-electron chi connectivity index (χ1n) is 5.79. The van der Waals surface area contributed by atoms with E-state index in [4.69, 9.17) is 4.74 Å². The standard InChI is InChI=1S/C13H16INO3/c1-3-8-15-12(16)9(2)18-13(17)10-6-4-5-7-11(10)14/h4-7,9H,3,8H2,1-2H3,(H,15,16)/t9-/m0/s1. The van der Waals surface area contributed by atoms with Crippen LogP contribution in [-0.2, 0) is 9.53 Å². The van der Waals surface area contributed by atoms with Crippen molar-refractivity contribution < 1.29 is 14.3 Å². The topological polar surface area (TPSA) is 55.4 Å². The highest BCUT2D eigenvalue weighted by Crippen LogP contribution is 2.13. The number of carbonyl (C=O) groups excluding carboxylic acids is 2. The van der Waals surface area contributed by atoms with Crippen molar-refractivity contribution in [3.8, 4) is 0 Å². The number of carbonyl (C=O) groups is 2. The maximum absolute atomic E-state index is 11.8. The fourth-order valence-corrected chi connectivity index (χ4v) is 1.90. The van der Waals surface area contributed by atoms with Gasteiger partial charge in [-0.15, -0.1) is 0 Å². The first-order valence-corrected chi connectivity index (χ1v) is 6.87. The molecule has 1 N–H and O–H groups in total. The molecule has 0 unspecified atom stereocenters. The summed E-state index contributed by atoms with van der Waals surface area (Å²) in [6.45, 7) is 4.12. The highest BCUT2D eigenvalue weighted by Gasteiger charge is 2.19. The maximum atomic E-state index is 11.8. The molecule has 1 aromatic rings. The molecule has 5 heteroatoms. The second-order valence-electron chi connectivity index (χ2n) is 3.82. The first-order chi connectivity index (χ1) is 8.56. The van der Waals surface area contributed by atoms with E-state index >= 15 is 0 Å². The molecule has 0 aliphatic carbocycles. The van der Waals surface area contributed by atoms with Gasteiger partial charge in [-0.3, -0.25) is 4.79 Å². The molecule has 0 heterocycles. The van der Waals surface area contributed by atoms with Gasteiger partial charge in [0.1, 0.15) is 0 Å². The zero-order valence-corrected chi connectivity index (χ0v) is 12.6. The molecule has 0 saturated carbocycles. The highest BCUT2D eigenvalue weighted by molar-refractivity contribution is 14.1. The summed E-state index contributed by atoms with van der Waals surface area (Å²) in [5.74, 6) is -0.740. The van der Waals surface area contributed by atoms with Crippen molar-refractivity contribution in [2.45, 2.75) is 26.4 Å². The molecule has 1 amide bonds. The van der Waals surface area contributed by atoms with E-state index in [-0.39, 0.29) is 5.91 Å². The quantitative estimate of drug-likeness (QED) is 0.647. The highest BCUT2D eigenvalue weighted by atomic mass is 127. The molecule has 0 fully saturated rings. The minimum absolute atomic E-state index is 0.267. The van der Waals surface area contributed by atoms with Gasteiger partial charge in [-0.25, -0.2) is 4.79 Å². The molecule has 0 saturated heterocycles. The lowest BCUT2D eigenvalue weighted by Crippen LogP contribution is -2.36. The van der Waals surface area contributed by atoms with Crippen LogP contribution in [0, 0.1) is 3.57 Å². The smallest absolute Gasteiger partial charge is 0.339 e. The normalized spacial score (nSPS) is 11.7. The van der Waals surface area contributed by atoms with E-state index in [0.717, 1.165) is 9.99 Å². The molecule has 98 valence electrons. The summed E-state index contributed by atoms with van der Waals surface area (Å²) in [5.41, 5.74) is 0.480. The summed E-state index contributed by atoms with van der Waals surface area (Å²) in [4.78, 5) is 23.4. The van der Waals surface area contributed by atoms with E-state index in [1.54, 1.807) is 19.1 Å². The van der Waals surface area contributed by atoms with E-state index in [1.165, 1.54) is 0 Å². The van der Waals surface area contributed by atoms with Crippen molar-refractivity contribution >= 4 is 34.5 Å². The second kappa shape index (κ2) is 7.35. The van der Waals surface area contributed by atoms with Gasteiger partial charge in [0.05, 0.1) is 5.56 Å². The third-order valence-corrected chi connectivity index (χ3v) is 3.24. The molecular weight excluding hydrogens is 345 g/mol. The van der Waals surface area contributed by atoms with Crippen molar-refractivity contribution in [1.29, 1.82) is 0 Å². The van der Waals surface area contributed by atoms with Gasteiger partial charge in [0, 0.05) is 10.1 Å². The van der Waals surface area contributed by atoms with Crippen molar-refractivity contribution in [1.82, 2.24) is 5.32 Å². The Morgan fingerprint density at radius 1 is 1.39 bits per heavy atom. The molecule has 4 nitrogen and oxygen atoms in total. The van der Waals surface area contributed by atoms with E-state index < -0.39 is 12.1 Å². The molecule has 1 atom stereocenters. The molecule has 18 heavy (non-hydrogen) atoms. The fraction of sp³-hybridized carbons (Fsp3) is 0.385. The van der Waals surface area contributed by atoms with E-state index in [1.807, 2.05) is 19.1 Å². The molecule has 0 radical (unpaired) electrons. The number of rotatable bonds is 5. The molecule has 0 aliphatic heterocycles. The molecule has 1 aromatic carbocycles. The summed E-state index contributed by atoms with van der Waals surface area (Å²) in [6, 6.07) is 7.11. The zero-order valence-electron chi connectivity index (χ0n) is 10.4. The average molecular weight is 361 g/mol. The van der Waals surface area contributed by atoms with Gasteiger partial charge in [0.2, 0.25) is 0 Å². The molecule has 0 bridgehead atoms. The summed E-state index contributed by atoms with van der Waals surface area (Å²) < 4.78 is 5.93. The number of amides is 1. The van der Waals surface area contributed by atoms with Crippen LogP contribution in [0.4, 0.5) is 0 Å². The number of benzene rings is 1. The number of hydrogen-bond donors (Lipinski definition) is 1. The van der Waals surface area contributed by atoms with Crippen LogP contribution < -0.4 is 5.32 Å². The predicted molar refractivity (Wildman–Crippen MR) is 77.3 cm³/mol. The van der Waals surface area contributed by atoms with Crippen molar-refractivity contribution in [3.05, 3.63) is 33.4 Å². The Kier molecular flexibility index (Phi) is 6.11. The Hall–Kier alpha value is -1.11. The van der Waals surface area contributed by atoms with Gasteiger partial charge in [0.15, 0.2) is 6.10 Å². The summed E-state index contributed by atoms with van der Waals surface area (Å²) in [6.07, 6.45) is 0.0725. The lowest BCUT2D eigenvalue weighted by atomic mass is 10.2. The third-order valence-electron chi connectivity index (χ3n) is 2.30. The summed E-state index contributed by atoms with van der Waals surface area (Å²) >= 11 is 2.06. The van der Waals surface area contributed by atoms with Gasteiger partial charge in [-0.05, 0) is 48.1 Å². The molecular formula is C13H16INO3. The number of halogens is 1. The van der Waals surface area contributed by atoms with Crippen LogP contribution in [0.25, 0.3) is 0 Å². The van der Waals surface area contributed by atoms with Crippen molar-refractivity contribution in [2.75, 3.05) is 6.54 Å². The third kappa shape index (κ3) is 4.29. The Labute approximate surface area is 120 Å². The molecule has 1 rings (SSSR count). The van der Waals surface area contributed by atoms with Gasteiger partial charge < -0.3 is 10.1 Å². The lowest BCUT2D eigenvalue weighted by molar-refractivity contribution is -0.129. The van der Waals surface area contributed by atoms with Crippen molar-refractivity contribution in [3.63, 3.8) is 0 Å². The Balaban J connectivity index is 2.60. The number of esters is 1. The summed E-state index contributed by atoms with van der Waals surface area (Å²) in [7, 11) is 0. The first kappa shape index (κ1) is 14.9. The predicted octanol–water partition coefficient (Wildman–Crippen LogP) is 2.36. The van der Waals surface area contributed by atoms with Crippen LogP contribution in [0.3, 0.4) is 0 Å². The Bertz CT molecular complexity index is 434. The van der Waals surface area contributed by atoms with Crippen LogP contribution in [0.15, 0.2) is 24.3 Å². The van der Waals surface area contributed by atoms with Crippen LogP contribution in [-0.4, -0.2) is 24.5 Å². The number of nitrogens with one attached hydrogen (secondary N) is 1. The summed E-state index contributed by atoms with van der Waals surface area (Å²) in [5, 5.41) is 2.69. The van der Waals surface area contributed by atoms with E-state index in [9.17, 15) is 9.59 Å². The van der Waals surface area contributed by atoms with Crippen LogP contribution >= 0.6 is 22.6 Å². The fourth-order valence-electron chi connectivity index (χ4n) is 1.30. The average Bonchev–Trinajstić information content (AvgIpc) is 2.36. The van der Waals surface area contributed by atoms with Gasteiger partial charge in [0.25, 0.3) is 5.91 Å². The van der Waals surface area contributed by atoms with Crippen LogP contribution in [0.2, 0.25) is 0 Å².